The summed E-state index contributed by atoms with van der Waals surface area (Å²) in [4.78, 5) is 2.25. The number of para-hydroxylation sites is 1. The van der Waals surface area contributed by atoms with Crippen LogP contribution in [0.1, 0.15) is 19.8 Å². The number of unbranched alkanes of at least 4 members (excludes halogenated alkanes) is 1. The highest BCUT2D eigenvalue weighted by molar-refractivity contribution is 5.48. The lowest BCUT2D eigenvalue weighted by Gasteiger charge is -2.19. The van der Waals surface area contributed by atoms with Crippen molar-refractivity contribution in [1.82, 2.24) is 0 Å². The van der Waals surface area contributed by atoms with Gasteiger partial charge in [-0.2, -0.15) is 0 Å². The summed E-state index contributed by atoms with van der Waals surface area (Å²) in [6.07, 6.45) is 2.26. The first kappa shape index (κ1) is 16.2. The Balaban J connectivity index is 1.72. The van der Waals surface area contributed by atoms with E-state index in [4.69, 9.17) is 4.74 Å². The SMILES string of the molecule is CCCCOc1ccc(NCCN(C)c2ccccc2)cc1. The molecule has 0 heterocycles. The van der Waals surface area contributed by atoms with Crippen LogP contribution in [0.4, 0.5) is 11.4 Å². The van der Waals surface area contributed by atoms with Crippen LogP contribution >= 0.6 is 0 Å². The van der Waals surface area contributed by atoms with E-state index in [-0.39, 0.29) is 0 Å². The average molecular weight is 298 g/mol. The molecule has 0 radical (unpaired) electrons. The standard InChI is InChI=1S/C19H26N2O/c1-3-4-16-22-19-12-10-17(11-13-19)20-14-15-21(2)18-8-6-5-7-9-18/h5-13,20H,3-4,14-16H2,1-2H3. The first-order valence-corrected chi connectivity index (χ1v) is 8.02. The van der Waals surface area contributed by atoms with Crippen molar-refractivity contribution in [2.45, 2.75) is 19.8 Å². The highest BCUT2D eigenvalue weighted by Crippen LogP contribution is 2.16. The zero-order valence-corrected chi connectivity index (χ0v) is 13.6. The van der Waals surface area contributed by atoms with Crippen molar-refractivity contribution in [3.05, 3.63) is 54.6 Å². The van der Waals surface area contributed by atoms with Gasteiger partial charge in [-0.15, -0.1) is 0 Å². The van der Waals surface area contributed by atoms with Crippen LogP contribution < -0.4 is 15.0 Å². The number of nitrogens with one attached hydrogen (secondary N) is 1. The molecule has 1 N–H and O–H groups in total. The molecular weight excluding hydrogens is 272 g/mol. The van der Waals surface area contributed by atoms with Crippen LogP contribution in [0.25, 0.3) is 0 Å². The van der Waals surface area contributed by atoms with Gasteiger partial charge in [-0.25, -0.2) is 0 Å². The molecule has 0 bridgehead atoms. The minimum atomic E-state index is 0.797. The van der Waals surface area contributed by atoms with Crippen LogP contribution in [0.2, 0.25) is 0 Å². The van der Waals surface area contributed by atoms with E-state index in [1.807, 2.05) is 18.2 Å². The Bertz CT molecular complexity index is 525. The third-order valence-electron chi connectivity index (χ3n) is 3.59. The second kappa shape index (κ2) is 8.98. The molecule has 0 saturated carbocycles. The summed E-state index contributed by atoms with van der Waals surface area (Å²) in [5, 5.41) is 3.44. The van der Waals surface area contributed by atoms with Crippen LogP contribution in [-0.2, 0) is 0 Å². The van der Waals surface area contributed by atoms with E-state index >= 15 is 0 Å². The zero-order valence-electron chi connectivity index (χ0n) is 13.6. The van der Waals surface area contributed by atoms with Crippen LogP contribution in [0, 0.1) is 0 Å². The largest absolute Gasteiger partial charge is 0.494 e. The lowest BCUT2D eigenvalue weighted by molar-refractivity contribution is 0.309. The van der Waals surface area contributed by atoms with E-state index in [1.165, 1.54) is 5.69 Å². The van der Waals surface area contributed by atoms with Crippen molar-refractivity contribution >= 4 is 11.4 Å². The molecule has 2 aromatic rings. The van der Waals surface area contributed by atoms with Gasteiger partial charge >= 0.3 is 0 Å². The monoisotopic (exact) mass is 298 g/mol. The molecule has 3 heteroatoms. The summed E-state index contributed by atoms with van der Waals surface area (Å²) >= 11 is 0. The van der Waals surface area contributed by atoms with E-state index in [1.54, 1.807) is 0 Å². The van der Waals surface area contributed by atoms with Gasteiger partial charge in [0.15, 0.2) is 0 Å². The van der Waals surface area contributed by atoms with Crippen molar-refractivity contribution in [1.29, 1.82) is 0 Å². The molecule has 2 aromatic carbocycles. The Hall–Kier alpha value is -2.16. The molecule has 2 rings (SSSR count). The van der Waals surface area contributed by atoms with E-state index in [0.29, 0.717) is 0 Å². The maximum atomic E-state index is 5.67. The van der Waals surface area contributed by atoms with E-state index < -0.39 is 0 Å². The van der Waals surface area contributed by atoms with Gasteiger partial charge in [0.1, 0.15) is 5.75 Å². The number of rotatable bonds is 9. The van der Waals surface area contributed by atoms with E-state index in [0.717, 1.165) is 44.0 Å². The molecular formula is C19H26N2O. The Morgan fingerprint density at radius 1 is 1.00 bits per heavy atom. The summed E-state index contributed by atoms with van der Waals surface area (Å²) in [6.45, 7) is 4.83. The molecule has 0 saturated heterocycles. The summed E-state index contributed by atoms with van der Waals surface area (Å²) in [5.41, 5.74) is 2.37. The summed E-state index contributed by atoms with van der Waals surface area (Å²) < 4.78 is 5.67. The predicted octanol–water partition coefficient (Wildman–Crippen LogP) is 4.41. The van der Waals surface area contributed by atoms with Crippen LogP contribution in [-0.4, -0.2) is 26.7 Å². The second-order valence-electron chi connectivity index (χ2n) is 5.41. The molecule has 0 aliphatic rings. The van der Waals surface area contributed by atoms with E-state index in [2.05, 4.69) is 60.6 Å². The Labute approximate surface area is 133 Å². The first-order chi connectivity index (χ1) is 10.8. The lowest BCUT2D eigenvalue weighted by atomic mass is 10.3. The van der Waals surface area contributed by atoms with E-state index in [9.17, 15) is 0 Å². The van der Waals surface area contributed by atoms with Gasteiger partial charge in [0, 0.05) is 31.5 Å². The Morgan fingerprint density at radius 2 is 1.73 bits per heavy atom. The van der Waals surface area contributed by atoms with Crippen molar-refractivity contribution in [3.63, 3.8) is 0 Å². The van der Waals surface area contributed by atoms with Crippen LogP contribution in [0.15, 0.2) is 54.6 Å². The average Bonchev–Trinajstić information content (AvgIpc) is 2.57. The summed E-state index contributed by atoms with van der Waals surface area (Å²) in [6, 6.07) is 18.6. The number of hydrogen-bond donors (Lipinski definition) is 1. The molecule has 118 valence electrons. The highest BCUT2D eigenvalue weighted by Gasteiger charge is 2.00. The minimum absolute atomic E-state index is 0.797. The number of ether oxygens (including phenoxy) is 1. The molecule has 0 aromatic heterocycles. The normalized spacial score (nSPS) is 10.3. The molecule has 0 spiro atoms. The zero-order chi connectivity index (χ0) is 15.6. The van der Waals surface area contributed by atoms with Crippen molar-refractivity contribution in [2.24, 2.45) is 0 Å². The third kappa shape index (κ3) is 5.32. The van der Waals surface area contributed by atoms with Gasteiger partial charge in [0.2, 0.25) is 0 Å². The van der Waals surface area contributed by atoms with Crippen molar-refractivity contribution in [3.8, 4) is 5.75 Å². The molecule has 0 unspecified atom stereocenters. The van der Waals surface area contributed by atoms with Gasteiger partial charge in [-0.3, -0.25) is 0 Å². The third-order valence-corrected chi connectivity index (χ3v) is 3.59. The fourth-order valence-electron chi connectivity index (χ4n) is 2.18. The molecule has 0 amide bonds. The number of hydrogen-bond acceptors (Lipinski definition) is 3. The number of likely N-dealkylation sites (N-methyl/N-ethyl adjacent to an activating group) is 1. The Morgan fingerprint density at radius 3 is 2.41 bits per heavy atom. The van der Waals surface area contributed by atoms with Gasteiger partial charge in [0.25, 0.3) is 0 Å². The highest BCUT2D eigenvalue weighted by atomic mass is 16.5. The minimum Gasteiger partial charge on any atom is -0.494 e. The molecule has 22 heavy (non-hydrogen) atoms. The van der Waals surface area contributed by atoms with Gasteiger partial charge in [-0.1, -0.05) is 31.5 Å². The molecule has 0 fully saturated rings. The number of anilines is 2. The van der Waals surface area contributed by atoms with Gasteiger partial charge in [-0.05, 0) is 42.8 Å². The van der Waals surface area contributed by atoms with Gasteiger partial charge in [0.05, 0.1) is 6.61 Å². The molecule has 0 atom stereocenters. The number of benzene rings is 2. The molecule has 0 aliphatic heterocycles. The quantitative estimate of drug-likeness (QED) is 0.694. The van der Waals surface area contributed by atoms with Crippen molar-refractivity contribution < 1.29 is 4.74 Å². The smallest absolute Gasteiger partial charge is 0.119 e. The summed E-state index contributed by atoms with van der Waals surface area (Å²) in [5.74, 6) is 0.945. The lowest BCUT2D eigenvalue weighted by Crippen LogP contribution is -2.24. The number of nitrogens with zero attached hydrogens (tertiary/aromatic N) is 1. The fraction of sp³-hybridized carbons (Fsp3) is 0.368. The maximum absolute atomic E-state index is 5.67. The van der Waals surface area contributed by atoms with Crippen LogP contribution in [0.3, 0.4) is 0 Å². The van der Waals surface area contributed by atoms with Crippen molar-refractivity contribution in [2.75, 3.05) is 37.0 Å². The molecule has 0 aliphatic carbocycles. The van der Waals surface area contributed by atoms with Crippen LogP contribution in [0.5, 0.6) is 5.75 Å². The topological polar surface area (TPSA) is 24.5 Å². The maximum Gasteiger partial charge on any atom is 0.119 e. The second-order valence-corrected chi connectivity index (χ2v) is 5.41. The predicted molar refractivity (Wildman–Crippen MR) is 95.0 cm³/mol. The molecule has 3 nitrogen and oxygen atoms in total. The van der Waals surface area contributed by atoms with Gasteiger partial charge < -0.3 is 15.0 Å². The fourth-order valence-corrected chi connectivity index (χ4v) is 2.18. The summed E-state index contributed by atoms with van der Waals surface area (Å²) in [7, 11) is 2.11. The Kier molecular flexibility index (Phi) is 6.62. The first-order valence-electron chi connectivity index (χ1n) is 8.02.